The van der Waals surface area contributed by atoms with Gasteiger partial charge in [0.05, 0.1) is 6.10 Å². The fourth-order valence-electron chi connectivity index (χ4n) is 4.66. The summed E-state index contributed by atoms with van der Waals surface area (Å²) in [6.45, 7) is 6.62. The largest absolute Gasteiger partial charge is 0.393 e. The highest BCUT2D eigenvalue weighted by Crippen LogP contribution is 2.15. The highest BCUT2D eigenvalue weighted by Gasteiger charge is 2.28. The Morgan fingerprint density at radius 1 is 0.737 bits per heavy atom. The highest BCUT2D eigenvalue weighted by molar-refractivity contribution is 5.91. The van der Waals surface area contributed by atoms with Crippen LogP contribution in [0.25, 0.3) is 0 Å². The SMILES string of the molecule is CCCCCCC(O)CCCCCCCCCCC(=O)NC(C(=O)NC(CCCCN)C(N)=O)C(C)CC. The third-order valence-corrected chi connectivity index (χ3v) is 7.50. The minimum absolute atomic E-state index is 0.0568. The molecule has 0 rings (SSSR count). The van der Waals surface area contributed by atoms with Gasteiger partial charge in [0.2, 0.25) is 17.7 Å². The van der Waals surface area contributed by atoms with Gasteiger partial charge in [0, 0.05) is 6.42 Å². The number of carbonyl (C=O) groups excluding carboxylic acids is 3. The Hall–Kier alpha value is -1.67. The number of rotatable bonds is 26. The molecule has 38 heavy (non-hydrogen) atoms. The molecule has 0 saturated carbocycles. The summed E-state index contributed by atoms with van der Waals surface area (Å²) in [5.41, 5.74) is 11.0. The number of aliphatic hydroxyl groups excluding tert-OH is 1. The predicted molar refractivity (Wildman–Crippen MR) is 156 cm³/mol. The number of hydrogen-bond donors (Lipinski definition) is 5. The molecule has 0 aromatic heterocycles. The normalized spacial score (nSPS) is 14.4. The van der Waals surface area contributed by atoms with Gasteiger partial charge in [0.1, 0.15) is 12.1 Å². The van der Waals surface area contributed by atoms with Crippen LogP contribution < -0.4 is 22.1 Å². The van der Waals surface area contributed by atoms with Crippen LogP contribution in [-0.4, -0.2) is 47.6 Å². The molecule has 8 heteroatoms. The first kappa shape index (κ1) is 36.3. The van der Waals surface area contributed by atoms with E-state index < -0.39 is 18.0 Å². The van der Waals surface area contributed by atoms with E-state index in [0.717, 1.165) is 64.2 Å². The second-order valence-corrected chi connectivity index (χ2v) is 11.0. The van der Waals surface area contributed by atoms with Crippen molar-refractivity contribution < 1.29 is 19.5 Å². The second kappa shape index (κ2) is 24.4. The molecule has 4 unspecified atom stereocenters. The highest BCUT2D eigenvalue weighted by atomic mass is 16.3. The van der Waals surface area contributed by atoms with Crippen molar-refractivity contribution in [2.24, 2.45) is 17.4 Å². The van der Waals surface area contributed by atoms with E-state index in [1.807, 2.05) is 13.8 Å². The van der Waals surface area contributed by atoms with E-state index in [0.29, 0.717) is 25.8 Å². The van der Waals surface area contributed by atoms with Crippen molar-refractivity contribution in [1.29, 1.82) is 0 Å². The molecule has 0 aliphatic heterocycles. The molecule has 0 fully saturated rings. The predicted octanol–water partition coefficient (Wildman–Crippen LogP) is 4.85. The molecule has 0 aliphatic carbocycles. The Morgan fingerprint density at radius 2 is 1.26 bits per heavy atom. The fourth-order valence-corrected chi connectivity index (χ4v) is 4.66. The number of nitrogens with one attached hydrogen (secondary N) is 2. The van der Waals surface area contributed by atoms with Crippen LogP contribution in [0.4, 0.5) is 0 Å². The third kappa shape index (κ3) is 19.4. The minimum Gasteiger partial charge on any atom is -0.393 e. The lowest BCUT2D eigenvalue weighted by molar-refractivity contribution is -0.132. The van der Waals surface area contributed by atoms with Gasteiger partial charge >= 0.3 is 0 Å². The number of carbonyl (C=O) groups is 3. The molecule has 7 N–H and O–H groups in total. The van der Waals surface area contributed by atoms with Gasteiger partial charge in [0.15, 0.2) is 0 Å². The maximum absolute atomic E-state index is 12.9. The van der Waals surface area contributed by atoms with Crippen LogP contribution in [0.15, 0.2) is 0 Å². The lowest BCUT2D eigenvalue weighted by atomic mass is 9.97. The van der Waals surface area contributed by atoms with Crippen LogP contribution in [0.1, 0.15) is 143 Å². The first-order valence-corrected chi connectivity index (χ1v) is 15.5. The summed E-state index contributed by atoms with van der Waals surface area (Å²) in [5, 5.41) is 15.7. The molecule has 8 nitrogen and oxygen atoms in total. The number of aliphatic hydroxyl groups is 1. The average molecular weight is 541 g/mol. The zero-order valence-electron chi connectivity index (χ0n) is 24.8. The first-order valence-electron chi connectivity index (χ1n) is 15.5. The monoisotopic (exact) mass is 540 g/mol. The lowest BCUT2D eigenvalue weighted by Gasteiger charge is -2.26. The van der Waals surface area contributed by atoms with E-state index in [1.165, 1.54) is 38.5 Å². The van der Waals surface area contributed by atoms with Gasteiger partial charge in [-0.2, -0.15) is 0 Å². The summed E-state index contributed by atoms with van der Waals surface area (Å²) in [7, 11) is 0. The van der Waals surface area contributed by atoms with Crippen molar-refractivity contribution in [3.63, 3.8) is 0 Å². The number of hydrogen-bond acceptors (Lipinski definition) is 5. The maximum atomic E-state index is 12.9. The topological polar surface area (TPSA) is 148 Å². The number of nitrogens with two attached hydrogens (primary N) is 2. The van der Waals surface area contributed by atoms with Gasteiger partial charge < -0.3 is 27.2 Å². The molecule has 0 radical (unpaired) electrons. The Kier molecular flexibility index (Phi) is 23.3. The molecule has 0 saturated heterocycles. The first-order chi connectivity index (χ1) is 18.3. The summed E-state index contributed by atoms with van der Waals surface area (Å²) in [4.78, 5) is 37.2. The summed E-state index contributed by atoms with van der Waals surface area (Å²) in [6, 6.07) is -1.43. The number of primary amides is 1. The van der Waals surface area contributed by atoms with Crippen molar-refractivity contribution in [2.75, 3.05) is 6.54 Å². The van der Waals surface area contributed by atoms with E-state index in [1.54, 1.807) is 0 Å². The smallest absolute Gasteiger partial charge is 0.243 e. The van der Waals surface area contributed by atoms with Crippen LogP contribution in [-0.2, 0) is 14.4 Å². The maximum Gasteiger partial charge on any atom is 0.243 e. The van der Waals surface area contributed by atoms with E-state index >= 15 is 0 Å². The molecule has 0 aliphatic rings. The minimum atomic E-state index is -0.752. The quantitative estimate of drug-likeness (QED) is 0.0995. The van der Waals surface area contributed by atoms with Crippen LogP contribution >= 0.6 is 0 Å². The van der Waals surface area contributed by atoms with Gasteiger partial charge in [0.25, 0.3) is 0 Å². The number of unbranched alkanes of at least 4 members (excludes halogenated alkanes) is 11. The molecule has 4 atom stereocenters. The standard InChI is InChI=1S/C30H60N4O4/c1-4-6-7-14-19-25(35)20-15-12-10-8-9-11-13-16-22-27(36)34-28(24(3)5-2)30(38)33-26(29(32)37)21-17-18-23-31/h24-26,28,35H,4-23,31H2,1-3H3,(H2,32,37)(H,33,38)(H,34,36). The lowest BCUT2D eigenvalue weighted by Crippen LogP contribution is -2.55. The van der Waals surface area contributed by atoms with Crippen molar-refractivity contribution in [1.82, 2.24) is 10.6 Å². The summed E-state index contributed by atoms with van der Waals surface area (Å²) >= 11 is 0. The summed E-state index contributed by atoms with van der Waals surface area (Å²) in [6.07, 6.45) is 18.4. The molecular formula is C30H60N4O4. The number of amides is 3. The van der Waals surface area contributed by atoms with Gasteiger partial charge in [-0.05, 0) is 51.0 Å². The van der Waals surface area contributed by atoms with Crippen molar-refractivity contribution in [2.45, 2.75) is 161 Å². The molecule has 0 bridgehead atoms. The van der Waals surface area contributed by atoms with Crippen molar-refractivity contribution in [3.8, 4) is 0 Å². The second-order valence-electron chi connectivity index (χ2n) is 11.0. The van der Waals surface area contributed by atoms with Crippen LogP contribution in [0.2, 0.25) is 0 Å². The zero-order valence-corrected chi connectivity index (χ0v) is 24.8. The summed E-state index contributed by atoms with van der Waals surface area (Å²) in [5.74, 6) is -1.11. The van der Waals surface area contributed by atoms with E-state index in [4.69, 9.17) is 11.5 Å². The third-order valence-electron chi connectivity index (χ3n) is 7.50. The molecule has 0 spiro atoms. The van der Waals surface area contributed by atoms with E-state index in [9.17, 15) is 19.5 Å². The van der Waals surface area contributed by atoms with Crippen molar-refractivity contribution in [3.05, 3.63) is 0 Å². The van der Waals surface area contributed by atoms with Crippen molar-refractivity contribution >= 4 is 17.7 Å². The fraction of sp³-hybridized carbons (Fsp3) is 0.900. The van der Waals surface area contributed by atoms with Gasteiger partial charge in [-0.15, -0.1) is 0 Å². The molecule has 0 aromatic rings. The molecule has 0 aromatic carbocycles. The Morgan fingerprint density at radius 3 is 1.79 bits per heavy atom. The molecule has 224 valence electrons. The van der Waals surface area contributed by atoms with Gasteiger partial charge in [-0.1, -0.05) is 97.8 Å². The van der Waals surface area contributed by atoms with Crippen LogP contribution in [0.3, 0.4) is 0 Å². The molecule has 0 heterocycles. The van der Waals surface area contributed by atoms with Crippen LogP contribution in [0, 0.1) is 5.92 Å². The van der Waals surface area contributed by atoms with E-state index in [2.05, 4.69) is 17.6 Å². The van der Waals surface area contributed by atoms with Crippen LogP contribution in [0.5, 0.6) is 0 Å². The van der Waals surface area contributed by atoms with Gasteiger partial charge in [-0.3, -0.25) is 14.4 Å². The Labute approximate surface area is 232 Å². The summed E-state index contributed by atoms with van der Waals surface area (Å²) < 4.78 is 0. The van der Waals surface area contributed by atoms with E-state index in [-0.39, 0.29) is 23.8 Å². The molecule has 3 amide bonds. The average Bonchev–Trinajstić information content (AvgIpc) is 2.89. The van der Waals surface area contributed by atoms with Gasteiger partial charge in [-0.25, -0.2) is 0 Å². The Bertz CT molecular complexity index is 617. The molecular weight excluding hydrogens is 480 g/mol. The zero-order chi connectivity index (χ0) is 28.6. The Balaban J connectivity index is 4.11.